The van der Waals surface area contributed by atoms with E-state index in [1.54, 1.807) is 0 Å². The molecule has 0 radical (unpaired) electrons. The van der Waals surface area contributed by atoms with E-state index in [9.17, 15) is 15.0 Å². The first-order chi connectivity index (χ1) is 13.0. The predicted molar refractivity (Wildman–Crippen MR) is 99.2 cm³/mol. The summed E-state index contributed by atoms with van der Waals surface area (Å²) in [6, 6.07) is 0. The van der Waals surface area contributed by atoms with Gasteiger partial charge in [-0.2, -0.15) is 0 Å². The number of aliphatic hydroxyl groups is 2. The summed E-state index contributed by atoms with van der Waals surface area (Å²) in [5.74, 6) is -0.260. The second-order valence-corrected chi connectivity index (χ2v) is 10.4. The molecular weight excluding hydrogens is 364 g/mol. The highest BCUT2D eigenvalue weighted by atomic mass is 16.7. The van der Waals surface area contributed by atoms with Gasteiger partial charge in [0.1, 0.15) is 6.10 Å². The van der Waals surface area contributed by atoms with Crippen molar-refractivity contribution < 1.29 is 34.0 Å². The van der Waals surface area contributed by atoms with Gasteiger partial charge in [0.25, 0.3) is 0 Å². The number of aliphatic hydroxyl groups excluding tert-OH is 2. The second-order valence-electron chi connectivity index (χ2n) is 10.4. The summed E-state index contributed by atoms with van der Waals surface area (Å²) < 4.78 is 23.8. The fourth-order valence-electron chi connectivity index (χ4n) is 6.64. The van der Waals surface area contributed by atoms with Crippen molar-refractivity contribution in [1.82, 2.24) is 0 Å². The lowest BCUT2D eigenvalue weighted by atomic mass is 9.54. The van der Waals surface area contributed by atoms with Gasteiger partial charge in [0.15, 0.2) is 6.29 Å². The zero-order valence-corrected chi connectivity index (χ0v) is 17.5. The number of hydrogen-bond acceptors (Lipinski definition) is 7. The molecule has 3 aliphatic heterocycles. The smallest absolute Gasteiger partial charge is 0.302 e. The zero-order valence-electron chi connectivity index (χ0n) is 17.5. The topological polar surface area (TPSA) is 94.5 Å². The molecule has 7 nitrogen and oxygen atoms in total. The van der Waals surface area contributed by atoms with Gasteiger partial charge in [-0.15, -0.1) is 0 Å². The molecule has 160 valence electrons. The first-order valence-corrected chi connectivity index (χ1v) is 10.4. The Morgan fingerprint density at radius 1 is 1.18 bits per heavy atom. The van der Waals surface area contributed by atoms with Crippen LogP contribution in [0.2, 0.25) is 0 Å². The van der Waals surface area contributed by atoms with Crippen molar-refractivity contribution >= 4 is 5.97 Å². The first-order valence-electron chi connectivity index (χ1n) is 10.4. The van der Waals surface area contributed by atoms with Crippen LogP contribution in [0, 0.1) is 28.1 Å². The molecule has 28 heavy (non-hydrogen) atoms. The molecule has 0 aromatic heterocycles. The molecule has 1 spiro atoms. The number of carbonyl (C=O) groups excluding carboxylic acids is 1. The van der Waals surface area contributed by atoms with Crippen LogP contribution in [0.4, 0.5) is 0 Å². The average Bonchev–Trinajstić information content (AvgIpc) is 3.26. The molecule has 5 unspecified atom stereocenters. The van der Waals surface area contributed by atoms with E-state index in [0.29, 0.717) is 26.1 Å². The van der Waals surface area contributed by atoms with Gasteiger partial charge in [-0.3, -0.25) is 4.79 Å². The summed E-state index contributed by atoms with van der Waals surface area (Å²) in [5.41, 5.74) is -1.50. The lowest BCUT2D eigenvalue weighted by Gasteiger charge is -2.48. The van der Waals surface area contributed by atoms with Crippen LogP contribution in [-0.2, 0) is 23.7 Å². The molecule has 0 aromatic carbocycles. The Morgan fingerprint density at radius 3 is 2.46 bits per heavy atom. The molecular formula is C21H34O7. The lowest BCUT2D eigenvalue weighted by molar-refractivity contribution is -0.163. The monoisotopic (exact) mass is 398 g/mol. The highest BCUT2D eigenvalue weighted by molar-refractivity contribution is 5.66. The molecule has 0 amide bonds. The molecule has 4 rings (SSSR count). The Balaban J connectivity index is 1.81. The van der Waals surface area contributed by atoms with Crippen LogP contribution >= 0.6 is 0 Å². The molecule has 3 saturated heterocycles. The average molecular weight is 398 g/mol. The fourth-order valence-corrected chi connectivity index (χ4v) is 6.64. The van der Waals surface area contributed by atoms with Crippen LogP contribution in [0.1, 0.15) is 47.5 Å². The molecule has 0 bridgehead atoms. The third-order valence-corrected chi connectivity index (χ3v) is 7.80. The van der Waals surface area contributed by atoms with E-state index in [2.05, 4.69) is 20.8 Å². The van der Waals surface area contributed by atoms with Crippen molar-refractivity contribution in [2.45, 2.75) is 78.2 Å². The van der Waals surface area contributed by atoms with Gasteiger partial charge in [0.05, 0.1) is 43.5 Å². The maximum absolute atomic E-state index is 12.0. The molecule has 7 heteroatoms. The number of rotatable bonds is 3. The fraction of sp³-hybridized carbons (Fsp3) is 0.952. The van der Waals surface area contributed by atoms with Crippen LogP contribution in [0.25, 0.3) is 0 Å². The Kier molecular flexibility index (Phi) is 4.87. The van der Waals surface area contributed by atoms with Crippen LogP contribution in [0.15, 0.2) is 0 Å². The summed E-state index contributed by atoms with van der Waals surface area (Å²) in [6.45, 7) is 10.9. The number of esters is 1. The van der Waals surface area contributed by atoms with Gasteiger partial charge >= 0.3 is 5.97 Å². The summed E-state index contributed by atoms with van der Waals surface area (Å²) in [4.78, 5) is 12.0. The highest BCUT2D eigenvalue weighted by Crippen LogP contribution is 2.72. The van der Waals surface area contributed by atoms with Gasteiger partial charge in [0.2, 0.25) is 0 Å². The third-order valence-electron chi connectivity index (χ3n) is 7.80. The van der Waals surface area contributed by atoms with Crippen molar-refractivity contribution in [2.24, 2.45) is 28.1 Å². The molecule has 1 aliphatic carbocycles. The van der Waals surface area contributed by atoms with E-state index in [0.717, 1.165) is 0 Å². The quantitative estimate of drug-likeness (QED) is 0.696. The minimum atomic E-state index is -0.722. The number of carbonyl (C=O) groups is 1. The molecule has 3 heterocycles. The van der Waals surface area contributed by atoms with Gasteiger partial charge in [-0.25, -0.2) is 0 Å². The molecule has 2 N–H and O–H groups in total. The van der Waals surface area contributed by atoms with E-state index in [1.807, 2.05) is 6.92 Å². The van der Waals surface area contributed by atoms with Crippen molar-refractivity contribution in [2.75, 3.05) is 19.8 Å². The molecule has 9 atom stereocenters. The molecule has 0 aromatic rings. The minimum absolute atomic E-state index is 0.0327. The summed E-state index contributed by atoms with van der Waals surface area (Å²) in [5, 5.41) is 21.9. The highest BCUT2D eigenvalue weighted by Gasteiger charge is 2.79. The van der Waals surface area contributed by atoms with E-state index < -0.39 is 35.4 Å². The zero-order chi connectivity index (χ0) is 20.5. The van der Waals surface area contributed by atoms with Crippen molar-refractivity contribution in [3.05, 3.63) is 0 Å². The maximum atomic E-state index is 12.0. The SMILES string of the molecule is CC(=O)OC1C[C@@H](C(C)(C)C)C23C(OC[C@@H]2O)OCC13CC1OC[C@@H](C)[C@H]1O. The van der Waals surface area contributed by atoms with E-state index >= 15 is 0 Å². The van der Waals surface area contributed by atoms with Crippen molar-refractivity contribution in [3.63, 3.8) is 0 Å². The van der Waals surface area contributed by atoms with Gasteiger partial charge in [-0.05, 0) is 24.2 Å². The second kappa shape index (κ2) is 6.64. The standard InChI is InChI=1S/C21H34O7/c1-11-8-25-13(17(11)24)7-20-10-27-18-21(20,15(23)9-26-18)14(19(3,4)5)6-16(20)28-12(2)22/h11,13-18,23-24H,6-10H2,1-5H3/t11-,13?,14+,15+,16?,17-,18?,20?,21?/m1/s1. The van der Waals surface area contributed by atoms with E-state index in [4.69, 9.17) is 18.9 Å². The predicted octanol–water partition coefficient (Wildman–Crippen LogP) is 1.49. The van der Waals surface area contributed by atoms with E-state index in [-0.39, 0.29) is 35.9 Å². The molecule has 4 aliphatic rings. The van der Waals surface area contributed by atoms with Gasteiger partial charge < -0.3 is 29.2 Å². The van der Waals surface area contributed by atoms with Crippen LogP contribution < -0.4 is 0 Å². The van der Waals surface area contributed by atoms with Gasteiger partial charge in [-0.1, -0.05) is 27.7 Å². The Labute approximate surface area is 166 Å². The molecule has 1 saturated carbocycles. The molecule has 4 fully saturated rings. The van der Waals surface area contributed by atoms with Crippen molar-refractivity contribution in [3.8, 4) is 0 Å². The normalized spacial score (nSPS) is 50.6. The number of ether oxygens (including phenoxy) is 4. The van der Waals surface area contributed by atoms with Gasteiger partial charge in [0, 0.05) is 18.3 Å². The Hall–Kier alpha value is -0.730. The summed E-state index contributed by atoms with van der Waals surface area (Å²) in [7, 11) is 0. The Morgan fingerprint density at radius 2 is 1.89 bits per heavy atom. The van der Waals surface area contributed by atoms with Crippen LogP contribution in [0.5, 0.6) is 0 Å². The summed E-state index contributed by atoms with van der Waals surface area (Å²) >= 11 is 0. The first kappa shape index (κ1) is 20.5. The largest absolute Gasteiger partial charge is 0.462 e. The van der Waals surface area contributed by atoms with Crippen LogP contribution in [0.3, 0.4) is 0 Å². The lowest BCUT2D eigenvalue weighted by Crippen LogP contribution is -2.56. The summed E-state index contributed by atoms with van der Waals surface area (Å²) in [6.07, 6.45) is -1.52. The third kappa shape index (κ3) is 2.63. The minimum Gasteiger partial charge on any atom is -0.462 e. The van der Waals surface area contributed by atoms with Crippen molar-refractivity contribution in [1.29, 1.82) is 0 Å². The Bertz CT molecular complexity index is 631. The van der Waals surface area contributed by atoms with E-state index in [1.165, 1.54) is 6.92 Å². The van der Waals surface area contributed by atoms with Crippen LogP contribution in [-0.4, -0.2) is 66.7 Å². The maximum Gasteiger partial charge on any atom is 0.302 e. The number of hydrogen-bond donors (Lipinski definition) is 2.